The molecule has 0 saturated heterocycles. The second-order valence-corrected chi connectivity index (χ2v) is 5.47. The van der Waals surface area contributed by atoms with Crippen LogP contribution >= 0.6 is 0 Å². The predicted octanol–water partition coefficient (Wildman–Crippen LogP) is 4.23. The molecule has 3 nitrogen and oxygen atoms in total. The van der Waals surface area contributed by atoms with Crippen molar-refractivity contribution >= 4 is 5.82 Å². The van der Waals surface area contributed by atoms with Crippen LogP contribution in [0.1, 0.15) is 44.1 Å². The molecule has 20 heavy (non-hydrogen) atoms. The molecule has 0 unspecified atom stereocenters. The molecule has 3 heteroatoms. The quantitative estimate of drug-likeness (QED) is 0.880. The second-order valence-electron chi connectivity index (χ2n) is 5.47. The Morgan fingerprint density at radius 1 is 1.20 bits per heavy atom. The number of hydrogen-bond donors (Lipinski definition) is 1. The lowest BCUT2D eigenvalue weighted by molar-refractivity contribution is 0.420. The van der Waals surface area contributed by atoms with Crippen LogP contribution in [0.5, 0.6) is 0 Å². The van der Waals surface area contributed by atoms with E-state index in [0.29, 0.717) is 0 Å². The van der Waals surface area contributed by atoms with E-state index in [1.165, 1.54) is 30.4 Å². The van der Waals surface area contributed by atoms with Crippen LogP contribution in [-0.2, 0) is 0 Å². The zero-order valence-electron chi connectivity index (χ0n) is 12.0. The Balaban J connectivity index is 1.84. The minimum atomic E-state index is 0.759. The second kappa shape index (κ2) is 6.04. The molecular weight excluding hydrogens is 246 g/mol. The maximum absolute atomic E-state index is 4.41. The maximum atomic E-state index is 4.41. The molecular formula is C17H21N3. The SMILES string of the molecule is CCCNc1cc(-c2cccc(C3CCC3)c2)ncn1. The summed E-state index contributed by atoms with van der Waals surface area (Å²) in [5, 5.41) is 3.31. The molecule has 1 aliphatic carbocycles. The largest absolute Gasteiger partial charge is 0.370 e. The van der Waals surface area contributed by atoms with Gasteiger partial charge in [0.2, 0.25) is 0 Å². The van der Waals surface area contributed by atoms with Crippen LogP contribution in [0, 0.1) is 0 Å². The summed E-state index contributed by atoms with van der Waals surface area (Å²) in [7, 11) is 0. The van der Waals surface area contributed by atoms with Crippen molar-refractivity contribution in [3.05, 3.63) is 42.2 Å². The first-order valence-electron chi connectivity index (χ1n) is 7.53. The molecule has 2 aromatic rings. The highest BCUT2D eigenvalue weighted by Gasteiger charge is 2.19. The van der Waals surface area contributed by atoms with E-state index in [-0.39, 0.29) is 0 Å². The molecule has 1 aromatic carbocycles. The Kier molecular flexibility index (Phi) is 3.95. The number of nitrogens with zero attached hydrogens (tertiary/aromatic N) is 2. The van der Waals surface area contributed by atoms with Gasteiger partial charge in [0.1, 0.15) is 12.1 Å². The summed E-state index contributed by atoms with van der Waals surface area (Å²) in [4.78, 5) is 8.68. The van der Waals surface area contributed by atoms with Gasteiger partial charge < -0.3 is 5.32 Å². The molecule has 1 aliphatic rings. The average Bonchev–Trinajstić information content (AvgIpc) is 2.44. The number of benzene rings is 1. The lowest BCUT2D eigenvalue weighted by atomic mass is 9.79. The Morgan fingerprint density at radius 2 is 2.10 bits per heavy atom. The first-order chi connectivity index (χ1) is 9.86. The van der Waals surface area contributed by atoms with Crippen LogP contribution in [0.3, 0.4) is 0 Å². The molecule has 1 N–H and O–H groups in total. The molecule has 0 aliphatic heterocycles. The number of nitrogens with one attached hydrogen (secondary N) is 1. The van der Waals surface area contributed by atoms with Gasteiger partial charge in [-0.25, -0.2) is 9.97 Å². The number of aromatic nitrogens is 2. The van der Waals surface area contributed by atoms with Gasteiger partial charge in [-0.2, -0.15) is 0 Å². The molecule has 1 aromatic heterocycles. The number of rotatable bonds is 5. The summed E-state index contributed by atoms with van der Waals surface area (Å²) in [5.41, 5.74) is 3.64. The lowest BCUT2D eigenvalue weighted by Crippen LogP contribution is -2.08. The molecule has 1 heterocycles. The van der Waals surface area contributed by atoms with E-state index in [1.807, 2.05) is 6.07 Å². The normalized spacial score (nSPS) is 14.8. The fraction of sp³-hybridized carbons (Fsp3) is 0.412. The summed E-state index contributed by atoms with van der Waals surface area (Å²) >= 11 is 0. The fourth-order valence-corrected chi connectivity index (χ4v) is 2.56. The van der Waals surface area contributed by atoms with Gasteiger partial charge in [0.25, 0.3) is 0 Å². The van der Waals surface area contributed by atoms with E-state index < -0.39 is 0 Å². The van der Waals surface area contributed by atoms with Gasteiger partial charge in [-0.3, -0.25) is 0 Å². The van der Waals surface area contributed by atoms with Crippen LogP contribution < -0.4 is 5.32 Å². The first-order valence-corrected chi connectivity index (χ1v) is 7.53. The summed E-state index contributed by atoms with van der Waals surface area (Å²) in [5.74, 6) is 1.67. The smallest absolute Gasteiger partial charge is 0.129 e. The topological polar surface area (TPSA) is 37.8 Å². The van der Waals surface area contributed by atoms with E-state index in [9.17, 15) is 0 Å². The van der Waals surface area contributed by atoms with Gasteiger partial charge in [0, 0.05) is 18.2 Å². The third-order valence-corrected chi connectivity index (χ3v) is 3.98. The highest BCUT2D eigenvalue weighted by Crippen LogP contribution is 2.37. The molecule has 104 valence electrons. The van der Waals surface area contributed by atoms with Crippen molar-refractivity contribution in [3.63, 3.8) is 0 Å². The van der Waals surface area contributed by atoms with Crippen molar-refractivity contribution in [2.75, 3.05) is 11.9 Å². The van der Waals surface area contributed by atoms with Crippen molar-refractivity contribution in [1.29, 1.82) is 0 Å². The van der Waals surface area contributed by atoms with Crippen LogP contribution in [0.15, 0.2) is 36.7 Å². The molecule has 1 saturated carbocycles. The minimum Gasteiger partial charge on any atom is -0.370 e. The first kappa shape index (κ1) is 13.1. The Bertz CT molecular complexity index is 576. The van der Waals surface area contributed by atoms with Crippen molar-refractivity contribution < 1.29 is 0 Å². The van der Waals surface area contributed by atoms with E-state index >= 15 is 0 Å². The van der Waals surface area contributed by atoms with Crippen molar-refractivity contribution in [2.24, 2.45) is 0 Å². The lowest BCUT2D eigenvalue weighted by Gasteiger charge is -2.26. The van der Waals surface area contributed by atoms with E-state index in [1.54, 1.807) is 6.33 Å². The monoisotopic (exact) mass is 267 g/mol. The van der Waals surface area contributed by atoms with Crippen LogP contribution in [-0.4, -0.2) is 16.5 Å². The third-order valence-electron chi connectivity index (χ3n) is 3.98. The van der Waals surface area contributed by atoms with Crippen LogP contribution in [0.4, 0.5) is 5.82 Å². The van der Waals surface area contributed by atoms with Gasteiger partial charge in [-0.1, -0.05) is 31.5 Å². The highest BCUT2D eigenvalue weighted by molar-refractivity contribution is 5.63. The average molecular weight is 267 g/mol. The van der Waals surface area contributed by atoms with Crippen molar-refractivity contribution in [1.82, 2.24) is 9.97 Å². The summed E-state index contributed by atoms with van der Waals surface area (Å²) in [6, 6.07) is 10.8. The third kappa shape index (κ3) is 2.82. The van der Waals surface area contributed by atoms with Gasteiger partial charge in [-0.05, 0) is 36.8 Å². The highest BCUT2D eigenvalue weighted by atomic mass is 15.0. The zero-order chi connectivity index (χ0) is 13.8. The molecule has 0 bridgehead atoms. The standard InChI is InChI=1S/C17H21N3/c1-2-9-18-17-11-16(19-12-20-17)15-8-4-7-14(10-15)13-5-3-6-13/h4,7-8,10-13H,2-3,5-6,9H2,1H3,(H,18,19,20). The molecule has 0 radical (unpaired) electrons. The van der Waals surface area contributed by atoms with Gasteiger partial charge >= 0.3 is 0 Å². The summed E-state index contributed by atoms with van der Waals surface area (Å²) in [6.07, 6.45) is 6.76. The fourth-order valence-electron chi connectivity index (χ4n) is 2.56. The Hall–Kier alpha value is -1.90. The molecule has 0 spiro atoms. The molecule has 1 fully saturated rings. The number of hydrogen-bond acceptors (Lipinski definition) is 3. The summed E-state index contributed by atoms with van der Waals surface area (Å²) in [6.45, 7) is 3.09. The van der Waals surface area contributed by atoms with Gasteiger partial charge in [-0.15, -0.1) is 0 Å². The maximum Gasteiger partial charge on any atom is 0.129 e. The Labute approximate surface area is 120 Å². The van der Waals surface area contributed by atoms with Crippen LogP contribution in [0.2, 0.25) is 0 Å². The number of anilines is 1. The van der Waals surface area contributed by atoms with E-state index in [4.69, 9.17) is 0 Å². The zero-order valence-corrected chi connectivity index (χ0v) is 12.0. The van der Waals surface area contributed by atoms with Crippen LogP contribution in [0.25, 0.3) is 11.3 Å². The summed E-state index contributed by atoms with van der Waals surface area (Å²) < 4.78 is 0. The minimum absolute atomic E-state index is 0.759. The molecule has 0 atom stereocenters. The van der Waals surface area contributed by atoms with Gasteiger partial charge in [0.15, 0.2) is 0 Å². The van der Waals surface area contributed by atoms with Gasteiger partial charge in [0.05, 0.1) is 5.69 Å². The van der Waals surface area contributed by atoms with E-state index in [2.05, 4.69) is 46.5 Å². The molecule has 0 amide bonds. The van der Waals surface area contributed by atoms with Crippen molar-refractivity contribution in [2.45, 2.75) is 38.5 Å². The predicted molar refractivity (Wildman–Crippen MR) is 82.8 cm³/mol. The Morgan fingerprint density at radius 3 is 2.85 bits per heavy atom. The van der Waals surface area contributed by atoms with Crippen molar-refractivity contribution in [3.8, 4) is 11.3 Å². The molecule has 3 rings (SSSR count). The van der Waals surface area contributed by atoms with E-state index in [0.717, 1.165) is 30.4 Å².